The maximum atomic E-state index is 5.71. The second-order valence-electron chi connectivity index (χ2n) is 3.46. The first-order valence-corrected chi connectivity index (χ1v) is 5.63. The highest BCUT2D eigenvalue weighted by Gasteiger charge is 2.31. The van der Waals surface area contributed by atoms with Crippen molar-refractivity contribution in [2.75, 3.05) is 0 Å². The van der Waals surface area contributed by atoms with Crippen molar-refractivity contribution in [3.63, 3.8) is 0 Å². The summed E-state index contributed by atoms with van der Waals surface area (Å²) in [7, 11) is 0. The summed E-state index contributed by atoms with van der Waals surface area (Å²) in [6.45, 7) is 1.99. The Morgan fingerprint density at radius 2 is 1.93 bits per heavy atom. The second-order valence-corrected chi connectivity index (χ2v) is 4.55. The number of nitrogens with zero attached hydrogens (tertiary/aromatic N) is 1. The van der Waals surface area contributed by atoms with Gasteiger partial charge in [0.15, 0.2) is 4.84 Å². The minimum absolute atomic E-state index is 0.0578. The number of rotatable bonds is 2. The van der Waals surface area contributed by atoms with Crippen LogP contribution in [-0.4, -0.2) is 16.8 Å². The van der Waals surface area contributed by atoms with E-state index in [0.717, 1.165) is 5.56 Å². The molecule has 1 aromatic rings. The van der Waals surface area contributed by atoms with Crippen molar-refractivity contribution in [2.45, 2.75) is 23.9 Å². The third-order valence-electron chi connectivity index (χ3n) is 2.33. The predicted molar refractivity (Wildman–Crippen MR) is 62.7 cm³/mol. The van der Waals surface area contributed by atoms with Crippen LogP contribution in [0.3, 0.4) is 0 Å². The molecule has 0 fully saturated rings. The van der Waals surface area contributed by atoms with E-state index in [2.05, 4.69) is 4.99 Å². The Morgan fingerprint density at radius 1 is 1.27 bits per heavy atom. The maximum Gasteiger partial charge on any atom is 0.218 e. The van der Waals surface area contributed by atoms with E-state index in [1.165, 1.54) is 0 Å². The van der Waals surface area contributed by atoms with Gasteiger partial charge in [0.2, 0.25) is 5.90 Å². The lowest BCUT2D eigenvalue weighted by atomic mass is 10.0. The first kappa shape index (κ1) is 10.8. The van der Waals surface area contributed by atoms with E-state index in [4.69, 9.17) is 27.9 Å². The molecule has 0 spiro atoms. The number of ether oxygens (including phenoxy) is 1. The summed E-state index contributed by atoms with van der Waals surface area (Å²) in [6.07, 6.45) is -0.0683. The highest BCUT2D eigenvalue weighted by atomic mass is 35.5. The first-order chi connectivity index (χ1) is 7.18. The molecule has 2 nitrogen and oxygen atoms in total. The summed E-state index contributed by atoms with van der Waals surface area (Å²) in [5.41, 5.74) is 1.10. The fourth-order valence-electron chi connectivity index (χ4n) is 1.62. The van der Waals surface area contributed by atoms with Crippen LogP contribution in [0.15, 0.2) is 35.3 Å². The van der Waals surface area contributed by atoms with Crippen molar-refractivity contribution in [1.29, 1.82) is 0 Å². The van der Waals surface area contributed by atoms with E-state index < -0.39 is 4.84 Å². The van der Waals surface area contributed by atoms with Crippen LogP contribution in [0.5, 0.6) is 0 Å². The van der Waals surface area contributed by atoms with Gasteiger partial charge in [-0.1, -0.05) is 53.5 Å². The van der Waals surface area contributed by atoms with Crippen molar-refractivity contribution >= 4 is 29.1 Å². The fraction of sp³-hybridized carbons (Fsp3) is 0.364. The average Bonchev–Trinajstić information content (AvgIpc) is 2.62. The van der Waals surface area contributed by atoms with Crippen molar-refractivity contribution in [3.8, 4) is 0 Å². The molecule has 1 aliphatic rings. The molecule has 1 aliphatic heterocycles. The summed E-state index contributed by atoms with van der Waals surface area (Å²) in [6, 6.07) is 10.00. The number of benzene rings is 1. The van der Waals surface area contributed by atoms with Crippen LogP contribution < -0.4 is 0 Å². The molecule has 1 aromatic carbocycles. The molecule has 15 heavy (non-hydrogen) atoms. The highest BCUT2D eigenvalue weighted by molar-refractivity contribution is 6.53. The summed E-state index contributed by atoms with van der Waals surface area (Å²) < 4.78 is 5.61. The summed E-state index contributed by atoms with van der Waals surface area (Å²) in [5, 5.41) is 0. The predicted octanol–water partition coefficient (Wildman–Crippen LogP) is 3.35. The highest BCUT2D eigenvalue weighted by Crippen LogP contribution is 2.30. The van der Waals surface area contributed by atoms with Crippen LogP contribution in [0.1, 0.15) is 18.6 Å². The van der Waals surface area contributed by atoms with Crippen molar-refractivity contribution in [3.05, 3.63) is 35.9 Å². The van der Waals surface area contributed by atoms with Crippen molar-refractivity contribution in [1.82, 2.24) is 0 Å². The molecular weight excluding hydrogens is 233 g/mol. The minimum Gasteiger partial charge on any atom is -0.469 e. The van der Waals surface area contributed by atoms with Gasteiger partial charge in [-0.2, -0.15) is 0 Å². The van der Waals surface area contributed by atoms with Crippen LogP contribution in [0.25, 0.3) is 0 Å². The van der Waals surface area contributed by atoms with E-state index in [-0.39, 0.29) is 12.1 Å². The topological polar surface area (TPSA) is 21.6 Å². The Hall–Kier alpha value is -0.730. The van der Waals surface area contributed by atoms with Gasteiger partial charge >= 0.3 is 0 Å². The molecule has 4 heteroatoms. The zero-order valence-electron chi connectivity index (χ0n) is 8.23. The number of hydrogen-bond acceptors (Lipinski definition) is 2. The smallest absolute Gasteiger partial charge is 0.218 e. The quantitative estimate of drug-likeness (QED) is 0.731. The van der Waals surface area contributed by atoms with Gasteiger partial charge in [0.1, 0.15) is 6.10 Å². The van der Waals surface area contributed by atoms with Gasteiger partial charge in [0.25, 0.3) is 0 Å². The SMILES string of the molecule is C[C@H]1N=C(C(Cl)Cl)O[C@@H]1c1ccccc1. The molecule has 0 aliphatic carbocycles. The van der Waals surface area contributed by atoms with Crippen LogP contribution in [-0.2, 0) is 4.74 Å². The molecular formula is C11H11Cl2NO. The molecule has 0 unspecified atom stereocenters. The zero-order valence-corrected chi connectivity index (χ0v) is 9.74. The van der Waals surface area contributed by atoms with Gasteiger partial charge in [-0.25, -0.2) is 4.99 Å². The fourth-order valence-corrected chi connectivity index (χ4v) is 1.84. The lowest BCUT2D eigenvalue weighted by molar-refractivity contribution is 0.199. The van der Waals surface area contributed by atoms with Gasteiger partial charge in [-0.05, 0) is 12.5 Å². The molecule has 2 rings (SSSR count). The average molecular weight is 244 g/mol. The Balaban J connectivity index is 2.16. The molecule has 80 valence electrons. The normalized spacial score (nSPS) is 25.2. The monoisotopic (exact) mass is 243 g/mol. The second kappa shape index (κ2) is 4.42. The molecule has 0 saturated carbocycles. The maximum absolute atomic E-state index is 5.71. The Bertz CT molecular complexity index is 364. The lowest BCUT2D eigenvalue weighted by Gasteiger charge is -2.15. The van der Waals surface area contributed by atoms with E-state index in [1.807, 2.05) is 37.3 Å². The summed E-state index contributed by atoms with van der Waals surface area (Å²) in [5.74, 6) is 0.416. The van der Waals surface area contributed by atoms with Gasteiger partial charge in [0.05, 0.1) is 6.04 Å². The Labute approximate surface area is 98.9 Å². The largest absolute Gasteiger partial charge is 0.469 e. The number of halogens is 2. The van der Waals surface area contributed by atoms with Gasteiger partial charge in [-0.3, -0.25) is 0 Å². The van der Waals surface area contributed by atoms with Crippen LogP contribution in [0, 0.1) is 0 Å². The van der Waals surface area contributed by atoms with Gasteiger partial charge < -0.3 is 4.74 Å². The molecule has 1 heterocycles. The summed E-state index contributed by atoms with van der Waals surface area (Å²) in [4.78, 5) is 3.60. The third kappa shape index (κ3) is 2.27. The van der Waals surface area contributed by atoms with Gasteiger partial charge in [-0.15, -0.1) is 0 Å². The number of aliphatic imine (C=N–C) groups is 1. The molecule has 0 amide bonds. The molecule has 0 aromatic heterocycles. The minimum atomic E-state index is -0.679. The van der Waals surface area contributed by atoms with Crippen LogP contribution in [0.4, 0.5) is 0 Å². The molecule has 2 atom stereocenters. The van der Waals surface area contributed by atoms with Crippen LogP contribution in [0.2, 0.25) is 0 Å². The summed E-state index contributed by atoms with van der Waals surface area (Å²) >= 11 is 11.4. The van der Waals surface area contributed by atoms with E-state index >= 15 is 0 Å². The first-order valence-electron chi connectivity index (χ1n) is 4.76. The Kier molecular flexibility index (Phi) is 3.17. The third-order valence-corrected chi connectivity index (χ3v) is 2.70. The zero-order chi connectivity index (χ0) is 10.8. The molecule has 0 radical (unpaired) electrons. The number of alkyl halides is 2. The van der Waals surface area contributed by atoms with E-state index in [9.17, 15) is 0 Å². The van der Waals surface area contributed by atoms with Crippen molar-refractivity contribution in [2.24, 2.45) is 4.99 Å². The molecule has 0 saturated heterocycles. The lowest BCUT2D eigenvalue weighted by Crippen LogP contribution is -2.13. The molecule has 0 bridgehead atoms. The van der Waals surface area contributed by atoms with E-state index in [0.29, 0.717) is 5.90 Å². The van der Waals surface area contributed by atoms with Gasteiger partial charge in [0, 0.05) is 0 Å². The van der Waals surface area contributed by atoms with Crippen LogP contribution >= 0.6 is 23.2 Å². The number of hydrogen-bond donors (Lipinski definition) is 0. The molecule has 0 N–H and O–H groups in total. The standard InChI is InChI=1S/C11H11Cl2NO/c1-7-9(8-5-3-2-4-6-8)15-11(14-7)10(12)13/h2-7,9-10H,1H3/t7-,9+/m1/s1. The Morgan fingerprint density at radius 3 is 2.47 bits per heavy atom. The van der Waals surface area contributed by atoms with E-state index in [1.54, 1.807) is 0 Å². The van der Waals surface area contributed by atoms with Crippen molar-refractivity contribution < 1.29 is 4.74 Å².